The minimum Gasteiger partial charge on any atom is -0.394 e. The summed E-state index contributed by atoms with van der Waals surface area (Å²) in [7, 11) is 0. The first-order chi connectivity index (χ1) is 7.90. The molecule has 0 bridgehead atoms. The van der Waals surface area contributed by atoms with Crippen LogP contribution in [-0.2, 0) is 11.3 Å². The topological polar surface area (TPSA) is 58.8 Å². The summed E-state index contributed by atoms with van der Waals surface area (Å²) < 4.78 is 7.15. The number of aliphatic hydroxyl groups is 1. The summed E-state index contributed by atoms with van der Waals surface area (Å²) in [5.74, 6) is 0. The fourth-order valence-corrected chi connectivity index (χ4v) is 2.11. The summed E-state index contributed by atoms with van der Waals surface area (Å²) in [6, 6.07) is 0. The van der Waals surface area contributed by atoms with E-state index in [1.807, 2.05) is 22.2 Å². The normalized spacial score (nSPS) is 11.3. The average Bonchev–Trinajstić information content (AvgIpc) is 2.83. The molecular weight excluding hydrogens is 226 g/mol. The number of nitrogens with zero attached hydrogens (tertiary/aromatic N) is 2. The second-order valence-electron chi connectivity index (χ2n) is 3.34. The van der Waals surface area contributed by atoms with Crippen molar-refractivity contribution in [1.82, 2.24) is 14.7 Å². The van der Waals surface area contributed by atoms with Crippen LogP contribution in [0.25, 0.3) is 4.96 Å². The Morgan fingerprint density at radius 1 is 1.50 bits per heavy atom. The maximum absolute atomic E-state index is 8.50. The molecule has 6 heteroatoms. The van der Waals surface area contributed by atoms with Gasteiger partial charge in [-0.05, 0) is 0 Å². The van der Waals surface area contributed by atoms with E-state index >= 15 is 0 Å². The Balaban J connectivity index is 1.68. The van der Waals surface area contributed by atoms with Crippen LogP contribution in [-0.4, -0.2) is 40.9 Å². The summed E-state index contributed by atoms with van der Waals surface area (Å²) >= 11 is 1.63. The number of imidazole rings is 1. The lowest BCUT2D eigenvalue weighted by atomic mass is 10.4. The molecule has 0 aliphatic rings. The third-order valence-corrected chi connectivity index (χ3v) is 2.88. The van der Waals surface area contributed by atoms with Crippen molar-refractivity contribution in [3.63, 3.8) is 0 Å². The Labute approximate surface area is 97.7 Å². The zero-order valence-corrected chi connectivity index (χ0v) is 9.74. The molecule has 0 fully saturated rings. The molecule has 0 unspecified atom stereocenters. The molecule has 2 N–H and O–H groups in total. The summed E-state index contributed by atoms with van der Waals surface area (Å²) in [5.41, 5.74) is 1.04. The van der Waals surface area contributed by atoms with Crippen molar-refractivity contribution in [2.75, 3.05) is 26.4 Å². The van der Waals surface area contributed by atoms with Crippen molar-refractivity contribution in [3.8, 4) is 0 Å². The quantitative estimate of drug-likeness (QED) is 0.693. The number of ether oxygens (including phenoxy) is 1. The Morgan fingerprint density at radius 2 is 2.44 bits per heavy atom. The van der Waals surface area contributed by atoms with Gasteiger partial charge in [0.05, 0.1) is 25.5 Å². The summed E-state index contributed by atoms with van der Waals surface area (Å²) in [6.07, 6.45) is 4.02. The first-order valence-electron chi connectivity index (χ1n) is 5.20. The first kappa shape index (κ1) is 11.5. The van der Waals surface area contributed by atoms with Crippen molar-refractivity contribution in [1.29, 1.82) is 0 Å². The highest BCUT2D eigenvalue weighted by Gasteiger charge is 2.01. The van der Waals surface area contributed by atoms with Crippen molar-refractivity contribution >= 4 is 16.3 Å². The number of thiazole rings is 1. The van der Waals surface area contributed by atoms with Crippen LogP contribution < -0.4 is 5.32 Å². The highest BCUT2D eigenvalue weighted by atomic mass is 32.1. The highest BCUT2D eigenvalue weighted by molar-refractivity contribution is 7.15. The zero-order chi connectivity index (χ0) is 11.2. The van der Waals surface area contributed by atoms with Crippen molar-refractivity contribution < 1.29 is 9.84 Å². The number of fused-ring (bicyclic) bond motifs is 1. The average molecular weight is 241 g/mol. The van der Waals surface area contributed by atoms with Gasteiger partial charge in [-0.1, -0.05) is 0 Å². The van der Waals surface area contributed by atoms with Gasteiger partial charge in [0.2, 0.25) is 0 Å². The monoisotopic (exact) mass is 241 g/mol. The van der Waals surface area contributed by atoms with E-state index in [4.69, 9.17) is 9.84 Å². The van der Waals surface area contributed by atoms with E-state index in [2.05, 4.69) is 10.3 Å². The lowest BCUT2D eigenvalue weighted by Gasteiger charge is -2.02. The number of aliphatic hydroxyl groups excluding tert-OH is 1. The van der Waals surface area contributed by atoms with E-state index in [0.29, 0.717) is 13.2 Å². The van der Waals surface area contributed by atoms with Gasteiger partial charge in [0.15, 0.2) is 4.96 Å². The molecule has 16 heavy (non-hydrogen) atoms. The number of hydrogen-bond acceptors (Lipinski definition) is 5. The summed E-state index contributed by atoms with van der Waals surface area (Å²) in [5, 5.41) is 13.8. The van der Waals surface area contributed by atoms with E-state index in [0.717, 1.165) is 23.7 Å². The van der Waals surface area contributed by atoms with E-state index in [9.17, 15) is 0 Å². The molecule has 2 heterocycles. The third-order valence-electron chi connectivity index (χ3n) is 2.11. The molecule has 0 amide bonds. The van der Waals surface area contributed by atoms with Gasteiger partial charge in [0, 0.05) is 30.9 Å². The Morgan fingerprint density at radius 3 is 3.25 bits per heavy atom. The predicted octanol–water partition coefficient (Wildman–Crippen LogP) is 0.494. The maximum atomic E-state index is 8.50. The maximum Gasteiger partial charge on any atom is 0.193 e. The minimum atomic E-state index is 0.0807. The Bertz CT molecular complexity index is 398. The summed E-state index contributed by atoms with van der Waals surface area (Å²) in [6.45, 7) is 2.62. The molecule has 0 aliphatic carbocycles. The SMILES string of the molecule is OCCOCCNCc1cn2ccsc2n1. The largest absolute Gasteiger partial charge is 0.394 e. The van der Waals surface area contributed by atoms with Crippen LogP contribution in [0.1, 0.15) is 5.69 Å². The Hall–Kier alpha value is -0.950. The van der Waals surface area contributed by atoms with Crippen LogP contribution in [0.4, 0.5) is 0 Å². The molecule has 0 saturated heterocycles. The third kappa shape index (κ3) is 3.02. The van der Waals surface area contributed by atoms with Crippen LogP contribution in [0.3, 0.4) is 0 Å². The van der Waals surface area contributed by atoms with Gasteiger partial charge >= 0.3 is 0 Å². The molecule has 0 atom stereocenters. The molecular formula is C10H15N3O2S. The van der Waals surface area contributed by atoms with Gasteiger partial charge in [0.25, 0.3) is 0 Å². The molecule has 0 spiro atoms. The lowest BCUT2D eigenvalue weighted by molar-refractivity contribution is 0.0937. The molecule has 2 aromatic rings. The number of rotatable bonds is 7. The lowest BCUT2D eigenvalue weighted by Crippen LogP contribution is -2.20. The molecule has 2 aromatic heterocycles. The number of nitrogens with one attached hydrogen (secondary N) is 1. The second kappa shape index (κ2) is 5.95. The number of aromatic nitrogens is 2. The van der Waals surface area contributed by atoms with Crippen molar-refractivity contribution in [2.45, 2.75) is 6.54 Å². The second-order valence-corrected chi connectivity index (χ2v) is 4.21. The molecule has 0 saturated carbocycles. The molecule has 0 radical (unpaired) electrons. The highest BCUT2D eigenvalue weighted by Crippen LogP contribution is 2.10. The standard InChI is InChI=1S/C10H15N3O2S/c14-3-5-15-4-1-11-7-9-8-13-2-6-16-10(13)12-9/h2,6,8,11,14H,1,3-5,7H2. The van der Waals surface area contributed by atoms with E-state index in [1.54, 1.807) is 11.3 Å². The number of hydrogen-bond donors (Lipinski definition) is 2. The van der Waals surface area contributed by atoms with Gasteiger partial charge in [0.1, 0.15) is 0 Å². The van der Waals surface area contributed by atoms with Crippen LogP contribution in [0, 0.1) is 0 Å². The van der Waals surface area contributed by atoms with E-state index < -0.39 is 0 Å². The fourth-order valence-electron chi connectivity index (χ4n) is 1.39. The molecule has 0 aliphatic heterocycles. The zero-order valence-electron chi connectivity index (χ0n) is 8.93. The molecule has 2 rings (SSSR count). The predicted molar refractivity (Wildman–Crippen MR) is 62.7 cm³/mol. The van der Waals surface area contributed by atoms with E-state index in [-0.39, 0.29) is 6.61 Å². The Kier molecular flexibility index (Phi) is 4.29. The summed E-state index contributed by atoms with van der Waals surface area (Å²) in [4.78, 5) is 5.47. The molecule has 0 aromatic carbocycles. The van der Waals surface area contributed by atoms with E-state index in [1.165, 1.54) is 0 Å². The van der Waals surface area contributed by atoms with Gasteiger partial charge in [-0.2, -0.15) is 0 Å². The first-order valence-corrected chi connectivity index (χ1v) is 6.08. The molecule has 88 valence electrons. The minimum absolute atomic E-state index is 0.0807. The molecule has 5 nitrogen and oxygen atoms in total. The van der Waals surface area contributed by atoms with Crippen LogP contribution in [0.2, 0.25) is 0 Å². The van der Waals surface area contributed by atoms with Crippen molar-refractivity contribution in [2.24, 2.45) is 0 Å². The van der Waals surface area contributed by atoms with Gasteiger partial charge in [-0.3, -0.25) is 4.40 Å². The van der Waals surface area contributed by atoms with Gasteiger partial charge in [-0.25, -0.2) is 4.98 Å². The van der Waals surface area contributed by atoms with Crippen LogP contribution in [0.5, 0.6) is 0 Å². The van der Waals surface area contributed by atoms with Crippen LogP contribution >= 0.6 is 11.3 Å². The van der Waals surface area contributed by atoms with Crippen molar-refractivity contribution in [3.05, 3.63) is 23.5 Å². The van der Waals surface area contributed by atoms with Gasteiger partial charge < -0.3 is 15.2 Å². The van der Waals surface area contributed by atoms with Gasteiger partial charge in [-0.15, -0.1) is 11.3 Å². The van der Waals surface area contributed by atoms with Crippen LogP contribution in [0.15, 0.2) is 17.8 Å². The fraction of sp³-hybridized carbons (Fsp3) is 0.500. The smallest absolute Gasteiger partial charge is 0.193 e.